The summed E-state index contributed by atoms with van der Waals surface area (Å²) in [4.78, 5) is 26.9. The fourth-order valence-electron chi connectivity index (χ4n) is 3.46. The standard InChI is InChI=1S/C22H25N5O2S/c1-14-9-10-16(29-5)18-20(14)30-22(24-18)27(13-12-25(3)4)21(28)19-15(2)23-17-8-6-7-11-26(17)19/h6-11H,12-13H2,1-5H3. The Labute approximate surface area is 179 Å². The molecular weight excluding hydrogens is 398 g/mol. The minimum atomic E-state index is -0.108. The van der Waals surface area contributed by atoms with Crippen LogP contribution in [0.2, 0.25) is 0 Å². The van der Waals surface area contributed by atoms with Crippen molar-refractivity contribution < 1.29 is 9.53 Å². The SMILES string of the molecule is COc1ccc(C)c2sc(N(CCN(C)C)C(=O)c3c(C)nc4ccccn34)nc12. The maximum Gasteiger partial charge on any atom is 0.279 e. The van der Waals surface area contributed by atoms with E-state index >= 15 is 0 Å². The number of carbonyl (C=O) groups is 1. The molecule has 1 aromatic carbocycles. The van der Waals surface area contributed by atoms with Gasteiger partial charge >= 0.3 is 0 Å². The molecule has 4 rings (SSSR count). The van der Waals surface area contributed by atoms with E-state index in [0.29, 0.717) is 35.4 Å². The van der Waals surface area contributed by atoms with Crippen LogP contribution >= 0.6 is 11.3 Å². The number of pyridine rings is 1. The number of rotatable bonds is 6. The Morgan fingerprint density at radius 2 is 1.93 bits per heavy atom. The Kier molecular flexibility index (Phi) is 5.44. The van der Waals surface area contributed by atoms with Crippen LogP contribution in [0.25, 0.3) is 15.9 Å². The molecule has 0 saturated carbocycles. The van der Waals surface area contributed by atoms with Gasteiger partial charge in [-0.1, -0.05) is 23.5 Å². The molecule has 0 aliphatic heterocycles. The lowest BCUT2D eigenvalue weighted by molar-refractivity contribution is 0.0979. The summed E-state index contributed by atoms with van der Waals surface area (Å²) < 4.78 is 8.38. The van der Waals surface area contributed by atoms with Crippen molar-refractivity contribution in [1.82, 2.24) is 19.3 Å². The van der Waals surface area contributed by atoms with Crippen LogP contribution in [-0.2, 0) is 0 Å². The van der Waals surface area contributed by atoms with E-state index in [1.54, 1.807) is 12.0 Å². The smallest absolute Gasteiger partial charge is 0.279 e. The van der Waals surface area contributed by atoms with Crippen LogP contribution in [0.1, 0.15) is 21.7 Å². The lowest BCUT2D eigenvalue weighted by Crippen LogP contribution is -2.37. The fourth-order valence-corrected chi connectivity index (χ4v) is 4.54. The summed E-state index contributed by atoms with van der Waals surface area (Å²) in [5.74, 6) is 0.604. The Morgan fingerprint density at radius 3 is 2.67 bits per heavy atom. The zero-order valence-corrected chi connectivity index (χ0v) is 18.7. The number of nitrogens with zero attached hydrogens (tertiary/aromatic N) is 5. The molecule has 156 valence electrons. The number of thiazole rings is 1. The van der Waals surface area contributed by atoms with E-state index in [2.05, 4.69) is 9.88 Å². The van der Waals surface area contributed by atoms with Crippen molar-refractivity contribution in [2.75, 3.05) is 39.2 Å². The monoisotopic (exact) mass is 423 g/mol. The van der Waals surface area contributed by atoms with Gasteiger partial charge in [0.15, 0.2) is 5.13 Å². The number of aryl methyl sites for hydroxylation is 2. The van der Waals surface area contributed by atoms with Gasteiger partial charge in [0.1, 0.15) is 22.6 Å². The maximum absolute atomic E-state index is 13.8. The second-order valence-electron chi connectivity index (χ2n) is 7.49. The van der Waals surface area contributed by atoms with Crippen LogP contribution in [0.4, 0.5) is 5.13 Å². The van der Waals surface area contributed by atoms with Gasteiger partial charge in [0, 0.05) is 19.3 Å². The van der Waals surface area contributed by atoms with Crippen molar-refractivity contribution in [2.45, 2.75) is 13.8 Å². The van der Waals surface area contributed by atoms with Gasteiger partial charge in [0.05, 0.1) is 17.5 Å². The molecule has 0 saturated heterocycles. The molecule has 0 aliphatic rings. The number of hydrogen-bond donors (Lipinski definition) is 0. The molecule has 0 aliphatic carbocycles. The van der Waals surface area contributed by atoms with Gasteiger partial charge in [0.2, 0.25) is 0 Å². The Bertz CT molecular complexity index is 1230. The molecule has 0 fully saturated rings. The Hall–Kier alpha value is -2.97. The number of amides is 1. The third kappa shape index (κ3) is 3.53. The zero-order chi connectivity index (χ0) is 21.4. The summed E-state index contributed by atoms with van der Waals surface area (Å²) >= 11 is 1.52. The number of benzene rings is 1. The molecule has 0 unspecified atom stereocenters. The molecule has 4 aromatic rings. The first-order valence-corrected chi connectivity index (χ1v) is 10.6. The van der Waals surface area contributed by atoms with Crippen molar-refractivity contribution >= 4 is 38.2 Å². The van der Waals surface area contributed by atoms with E-state index in [-0.39, 0.29) is 5.91 Å². The molecule has 0 radical (unpaired) electrons. The van der Waals surface area contributed by atoms with Gasteiger partial charge in [0.25, 0.3) is 5.91 Å². The average Bonchev–Trinajstić information content (AvgIpc) is 3.29. The van der Waals surface area contributed by atoms with Crippen LogP contribution in [0.5, 0.6) is 5.75 Å². The van der Waals surface area contributed by atoms with Gasteiger partial charge < -0.3 is 9.64 Å². The highest BCUT2D eigenvalue weighted by Crippen LogP contribution is 2.37. The number of aromatic nitrogens is 3. The lowest BCUT2D eigenvalue weighted by atomic mass is 10.2. The van der Waals surface area contributed by atoms with Gasteiger partial charge in [-0.05, 0) is 51.7 Å². The molecule has 0 N–H and O–H groups in total. The van der Waals surface area contributed by atoms with Crippen LogP contribution in [0.15, 0.2) is 36.5 Å². The van der Waals surface area contributed by atoms with E-state index in [4.69, 9.17) is 9.72 Å². The molecule has 0 spiro atoms. The summed E-state index contributed by atoms with van der Waals surface area (Å²) in [6.45, 7) is 5.15. The third-order valence-corrected chi connectivity index (χ3v) is 6.28. The predicted molar refractivity (Wildman–Crippen MR) is 121 cm³/mol. The van der Waals surface area contributed by atoms with Crippen molar-refractivity contribution in [1.29, 1.82) is 0 Å². The van der Waals surface area contributed by atoms with E-state index in [1.165, 1.54) is 11.3 Å². The number of fused-ring (bicyclic) bond motifs is 2. The molecular formula is C22H25N5O2S. The Balaban J connectivity index is 1.84. The quantitative estimate of drug-likeness (QED) is 0.472. The summed E-state index contributed by atoms with van der Waals surface area (Å²) in [6, 6.07) is 9.66. The van der Waals surface area contributed by atoms with Crippen LogP contribution in [0.3, 0.4) is 0 Å². The highest BCUT2D eigenvalue weighted by molar-refractivity contribution is 7.22. The highest BCUT2D eigenvalue weighted by atomic mass is 32.1. The Morgan fingerprint density at radius 1 is 1.13 bits per heavy atom. The van der Waals surface area contributed by atoms with Crippen molar-refractivity contribution in [3.8, 4) is 5.75 Å². The first kappa shape index (κ1) is 20.3. The van der Waals surface area contributed by atoms with Gasteiger partial charge in [-0.2, -0.15) is 0 Å². The van der Waals surface area contributed by atoms with Gasteiger partial charge in [-0.25, -0.2) is 9.97 Å². The number of imidazole rings is 1. The highest BCUT2D eigenvalue weighted by Gasteiger charge is 2.27. The van der Waals surface area contributed by atoms with E-state index in [0.717, 1.165) is 21.4 Å². The minimum absolute atomic E-state index is 0.108. The molecule has 3 aromatic heterocycles. The second-order valence-corrected chi connectivity index (χ2v) is 8.47. The first-order chi connectivity index (χ1) is 14.4. The normalized spacial score (nSPS) is 11.5. The molecule has 8 heteroatoms. The van der Waals surface area contributed by atoms with Crippen molar-refractivity contribution in [3.05, 3.63) is 53.5 Å². The number of anilines is 1. The largest absolute Gasteiger partial charge is 0.494 e. The number of likely N-dealkylation sites (N-methyl/N-ethyl adjacent to an activating group) is 1. The fraction of sp³-hybridized carbons (Fsp3) is 0.318. The van der Waals surface area contributed by atoms with E-state index in [1.807, 2.05) is 68.9 Å². The molecule has 0 atom stereocenters. The number of methoxy groups -OCH3 is 1. The zero-order valence-electron chi connectivity index (χ0n) is 17.8. The van der Waals surface area contributed by atoms with E-state index < -0.39 is 0 Å². The summed E-state index contributed by atoms with van der Waals surface area (Å²) in [5.41, 5.74) is 3.92. The van der Waals surface area contributed by atoms with Crippen LogP contribution in [-0.4, -0.2) is 59.5 Å². The van der Waals surface area contributed by atoms with Crippen molar-refractivity contribution in [3.63, 3.8) is 0 Å². The van der Waals surface area contributed by atoms with Gasteiger partial charge in [-0.15, -0.1) is 0 Å². The first-order valence-electron chi connectivity index (χ1n) is 9.75. The number of hydrogen-bond acceptors (Lipinski definition) is 6. The second kappa shape index (κ2) is 8.04. The molecule has 30 heavy (non-hydrogen) atoms. The summed E-state index contributed by atoms with van der Waals surface area (Å²) in [6.07, 6.45) is 1.87. The average molecular weight is 424 g/mol. The maximum atomic E-state index is 13.8. The lowest BCUT2D eigenvalue weighted by Gasteiger charge is -2.22. The van der Waals surface area contributed by atoms with Crippen molar-refractivity contribution in [2.24, 2.45) is 0 Å². The molecule has 3 heterocycles. The van der Waals surface area contributed by atoms with Crippen LogP contribution in [0, 0.1) is 13.8 Å². The van der Waals surface area contributed by atoms with Gasteiger partial charge in [-0.3, -0.25) is 14.1 Å². The molecule has 0 bridgehead atoms. The van der Waals surface area contributed by atoms with Crippen LogP contribution < -0.4 is 9.64 Å². The molecule has 1 amide bonds. The predicted octanol–water partition coefficient (Wildman–Crippen LogP) is 3.78. The minimum Gasteiger partial charge on any atom is -0.494 e. The number of ether oxygens (including phenoxy) is 1. The summed E-state index contributed by atoms with van der Waals surface area (Å²) in [7, 11) is 5.63. The molecule has 7 nitrogen and oxygen atoms in total. The van der Waals surface area contributed by atoms with E-state index in [9.17, 15) is 4.79 Å². The number of carbonyl (C=O) groups excluding carboxylic acids is 1. The third-order valence-electron chi connectivity index (χ3n) is 5.07. The summed E-state index contributed by atoms with van der Waals surface area (Å²) in [5, 5.41) is 0.662. The topological polar surface area (TPSA) is 63.0 Å².